The lowest BCUT2D eigenvalue weighted by atomic mass is 9.47. The van der Waals surface area contributed by atoms with Gasteiger partial charge in [-0.05, 0) is 99.7 Å². The first kappa shape index (κ1) is 17.1. The monoisotopic (exact) mass is 332 g/mol. The standard InChI is InChI=1S/C22H36O2/c1-14(23)17-7-8-18-16-6-5-15-13-20(2,24)11-12-21(15,3)19(16)9-10-22(17,18)4/h9,14-18,23-24H,5-8,10-13H2,1-4H3/t14?,15-,16+,17-,18+,20-,21+,22-/m1/s1. The third-order valence-electron chi connectivity index (χ3n) is 8.97. The summed E-state index contributed by atoms with van der Waals surface area (Å²) in [4.78, 5) is 0. The number of hydrogen-bond acceptors (Lipinski definition) is 2. The summed E-state index contributed by atoms with van der Waals surface area (Å²) in [6, 6.07) is 0. The molecule has 0 saturated heterocycles. The molecule has 2 heteroatoms. The van der Waals surface area contributed by atoms with Crippen LogP contribution in [0.5, 0.6) is 0 Å². The lowest BCUT2D eigenvalue weighted by Crippen LogP contribution is -2.51. The maximum atomic E-state index is 10.6. The van der Waals surface area contributed by atoms with E-state index < -0.39 is 5.60 Å². The highest BCUT2D eigenvalue weighted by molar-refractivity contribution is 5.29. The first-order chi connectivity index (χ1) is 11.2. The fourth-order valence-corrected chi connectivity index (χ4v) is 7.53. The second-order valence-electron chi connectivity index (χ2n) is 10.4. The van der Waals surface area contributed by atoms with Crippen LogP contribution in [0.15, 0.2) is 11.6 Å². The van der Waals surface area contributed by atoms with E-state index in [0.29, 0.717) is 22.7 Å². The summed E-state index contributed by atoms with van der Waals surface area (Å²) in [6.07, 6.45) is 11.7. The predicted octanol–water partition coefficient (Wildman–Crippen LogP) is 4.70. The summed E-state index contributed by atoms with van der Waals surface area (Å²) >= 11 is 0. The fraction of sp³-hybridized carbons (Fsp3) is 0.909. The number of aliphatic hydroxyl groups is 2. The van der Waals surface area contributed by atoms with E-state index in [1.54, 1.807) is 5.57 Å². The Bertz CT molecular complexity index is 548. The summed E-state index contributed by atoms with van der Waals surface area (Å²) in [6.45, 7) is 8.98. The van der Waals surface area contributed by atoms with Crippen molar-refractivity contribution >= 4 is 0 Å². The second kappa shape index (κ2) is 5.33. The molecule has 2 nitrogen and oxygen atoms in total. The zero-order valence-electron chi connectivity index (χ0n) is 16.0. The molecule has 2 N–H and O–H groups in total. The Hall–Kier alpha value is -0.340. The molecule has 3 fully saturated rings. The molecule has 4 rings (SSSR count). The first-order valence-corrected chi connectivity index (χ1v) is 10.3. The zero-order chi connectivity index (χ0) is 17.3. The molecular formula is C22H36O2. The molecule has 0 radical (unpaired) electrons. The molecule has 136 valence electrons. The van der Waals surface area contributed by atoms with E-state index in [-0.39, 0.29) is 6.10 Å². The molecule has 0 heterocycles. The van der Waals surface area contributed by atoms with Crippen LogP contribution < -0.4 is 0 Å². The maximum Gasteiger partial charge on any atom is 0.0623 e. The maximum absolute atomic E-state index is 10.6. The summed E-state index contributed by atoms with van der Waals surface area (Å²) < 4.78 is 0. The van der Waals surface area contributed by atoms with Crippen molar-refractivity contribution in [2.75, 3.05) is 0 Å². The Labute approximate surface area is 147 Å². The predicted molar refractivity (Wildman–Crippen MR) is 97.5 cm³/mol. The normalized spacial score (nSPS) is 55.2. The molecule has 0 amide bonds. The molecule has 0 aliphatic heterocycles. The van der Waals surface area contributed by atoms with Gasteiger partial charge < -0.3 is 10.2 Å². The van der Waals surface area contributed by atoms with Gasteiger partial charge in [0.15, 0.2) is 0 Å². The number of allylic oxidation sites excluding steroid dienone is 2. The van der Waals surface area contributed by atoms with E-state index in [4.69, 9.17) is 0 Å². The van der Waals surface area contributed by atoms with Crippen LogP contribution in [0.4, 0.5) is 0 Å². The Kier molecular flexibility index (Phi) is 3.80. The molecule has 8 atom stereocenters. The van der Waals surface area contributed by atoms with Crippen LogP contribution in [0.2, 0.25) is 0 Å². The Morgan fingerprint density at radius 1 is 1.08 bits per heavy atom. The van der Waals surface area contributed by atoms with Gasteiger partial charge in [-0.2, -0.15) is 0 Å². The highest BCUT2D eigenvalue weighted by Crippen LogP contribution is 2.66. The summed E-state index contributed by atoms with van der Waals surface area (Å²) in [5.41, 5.74) is 1.90. The Morgan fingerprint density at radius 2 is 1.83 bits per heavy atom. The van der Waals surface area contributed by atoms with Crippen molar-refractivity contribution in [3.63, 3.8) is 0 Å². The molecule has 0 aromatic rings. The molecule has 3 saturated carbocycles. The van der Waals surface area contributed by atoms with Crippen LogP contribution in [0.3, 0.4) is 0 Å². The fourth-order valence-electron chi connectivity index (χ4n) is 7.53. The highest BCUT2D eigenvalue weighted by Gasteiger charge is 2.58. The lowest BCUT2D eigenvalue weighted by molar-refractivity contribution is -0.0664. The molecular weight excluding hydrogens is 296 g/mol. The van der Waals surface area contributed by atoms with Crippen LogP contribution in [-0.4, -0.2) is 21.9 Å². The van der Waals surface area contributed by atoms with E-state index >= 15 is 0 Å². The average Bonchev–Trinajstić information content (AvgIpc) is 2.85. The topological polar surface area (TPSA) is 40.5 Å². The van der Waals surface area contributed by atoms with Crippen molar-refractivity contribution in [2.24, 2.45) is 34.5 Å². The molecule has 4 aliphatic rings. The first-order valence-electron chi connectivity index (χ1n) is 10.3. The molecule has 4 aliphatic carbocycles. The van der Waals surface area contributed by atoms with E-state index in [1.807, 2.05) is 13.8 Å². The zero-order valence-corrected chi connectivity index (χ0v) is 16.0. The van der Waals surface area contributed by atoms with Crippen molar-refractivity contribution in [1.82, 2.24) is 0 Å². The van der Waals surface area contributed by atoms with Gasteiger partial charge >= 0.3 is 0 Å². The van der Waals surface area contributed by atoms with Crippen molar-refractivity contribution in [3.05, 3.63) is 11.6 Å². The number of aliphatic hydroxyl groups excluding tert-OH is 1. The Balaban J connectivity index is 1.66. The van der Waals surface area contributed by atoms with Gasteiger partial charge in [0, 0.05) is 0 Å². The van der Waals surface area contributed by atoms with Crippen LogP contribution in [0.25, 0.3) is 0 Å². The SMILES string of the molecule is CC(O)[C@H]1CC[C@H]2[C@@H]3CC[C@@H]4C[C@](C)(O)CC[C@]4(C)C3=CC[C@]12C. The molecule has 0 spiro atoms. The number of rotatable bonds is 1. The minimum atomic E-state index is -0.453. The van der Waals surface area contributed by atoms with Gasteiger partial charge in [0.2, 0.25) is 0 Å². The molecule has 0 aromatic heterocycles. The molecule has 24 heavy (non-hydrogen) atoms. The summed E-state index contributed by atoms with van der Waals surface area (Å²) in [5, 5.41) is 20.9. The second-order valence-corrected chi connectivity index (χ2v) is 10.4. The van der Waals surface area contributed by atoms with Gasteiger partial charge in [-0.15, -0.1) is 0 Å². The minimum absolute atomic E-state index is 0.174. The highest BCUT2D eigenvalue weighted by atomic mass is 16.3. The van der Waals surface area contributed by atoms with Gasteiger partial charge in [0.1, 0.15) is 0 Å². The van der Waals surface area contributed by atoms with E-state index in [2.05, 4.69) is 19.9 Å². The lowest BCUT2D eigenvalue weighted by Gasteiger charge is -2.58. The molecule has 1 unspecified atom stereocenters. The van der Waals surface area contributed by atoms with E-state index in [9.17, 15) is 10.2 Å². The molecule has 0 bridgehead atoms. The number of hydrogen-bond donors (Lipinski definition) is 2. The van der Waals surface area contributed by atoms with Crippen molar-refractivity contribution in [3.8, 4) is 0 Å². The quantitative estimate of drug-likeness (QED) is 0.683. The Morgan fingerprint density at radius 3 is 2.54 bits per heavy atom. The summed E-state index contributed by atoms with van der Waals surface area (Å²) in [5.74, 6) is 2.62. The van der Waals surface area contributed by atoms with E-state index in [0.717, 1.165) is 37.5 Å². The van der Waals surface area contributed by atoms with Gasteiger partial charge in [-0.1, -0.05) is 25.5 Å². The third kappa shape index (κ3) is 2.28. The van der Waals surface area contributed by atoms with Gasteiger partial charge in [-0.3, -0.25) is 0 Å². The van der Waals surface area contributed by atoms with Crippen LogP contribution in [-0.2, 0) is 0 Å². The van der Waals surface area contributed by atoms with Crippen molar-refractivity contribution in [2.45, 2.75) is 90.8 Å². The van der Waals surface area contributed by atoms with Crippen LogP contribution in [0.1, 0.15) is 79.1 Å². The van der Waals surface area contributed by atoms with Crippen LogP contribution >= 0.6 is 0 Å². The van der Waals surface area contributed by atoms with Gasteiger partial charge in [0.05, 0.1) is 11.7 Å². The van der Waals surface area contributed by atoms with Gasteiger partial charge in [-0.25, -0.2) is 0 Å². The smallest absolute Gasteiger partial charge is 0.0623 e. The van der Waals surface area contributed by atoms with Crippen LogP contribution in [0, 0.1) is 34.5 Å². The minimum Gasteiger partial charge on any atom is -0.393 e. The van der Waals surface area contributed by atoms with E-state index in [1.165, 1.54) is 25.7 Å². The van der Waals surface area contributed by atoms with Crippen molar-refractivity contribution in [1.29, 1.82) is 0 Å². The van der Waals surface area contributed by atoms with Crippen molar-refractivity contribution < 1.29 is 10.2 Å². The largest absolute Gasteiger partial charge is 0.393 e. The third-order valence-corrected chi connectivity index (χ3v) is 8.97. The average molecular weight is 333 g/mol. The molecule has 0 aromatic carbocycles. The number of fused-ring (bicyclic) bond motifs is 5. The summed E-state index contributed by atoms with van der Waals surface area (Å²) in [7, 11) is 0. The van der Waals surface area contributed by atoms with Gasteiger partial charge in [0.25, 0.3) is 0 Å².